The Kier molecular flexibility index (Phi) is 4.47. The first kappa shape index (κ1) is 14.8. The summed E-state index contributed by atoms with van der Waals surface area (Å²) in [7, 11) is 0. The Bertz CT molecular complexity index is 462. The van der Waals surface area contributed by atoms with Crippen molar-refractivity contribution < 1.29 is 9.47 Å². The van der Waals surface area contributed by atoms with Crippen LogP contribution in [-0.4, -0.2) is 61.6 Å². The Hall–Kier alpha value is -1.11. The van der Waals surface area contributed by atoms with E-state index in [0.717, 1.165) is 25.5 Å². The van der Waals surface area contributed by atoms with E-state index in [9.17, 15) is 0 Å². The van der Waals surface area contributed by atoms with Gasteiger partial charge in [0.05, 0.1) is 38.5 Å². The first-order chi connectivity index (χ1) is 10.1. The Balaban J connectivity index is 1.88. The van der Waals surface area contributed by atoms with E-state index >= 15 is 0 Å². The zero-order valence-electron chi connectivity index (χ0n) is 12.5. The highest BCUT2D eigenvalue weighted by atomic mass is 35.5. The van der Waals surface area contributed by atoms with Crippen molar-refractivity contribution in [2.45, 2.75) is 25.9 Å². The van der Waals surface area contributed by atoms with Crippen molar-refractivity contribution in [3.05, 3.63) is 11.2 Å². The van der Waals surface area contributed by atoms with Crippen LogP contribution in [-0.2, 0) is 9.47 Å². The number of halogens is 1. The number of ether oxygens (including phenoxy) is 2. The molecule has 0 bridgehead atoms. The molecule has 0 N–H and O–H groups in total. The number of hydrogen-bond acceptors (Lipinski definition) is 6. The van der Waals surface area contributed by atoms with Crippen molar-refractivity contribution in [3.8, 4) is 0 Å². The van der Waals surface area contributed by atoms with Gasteiger partial charge >= 0.3 is 0 Å². The number of nitrogens with zero attached hydrogens (tertiary/aromatic N) is 4. The molecule has 116 valence electrons. The topological polar surface area (TPSA) is 50.7 Å². The molecule has 7 heteroatoms. The normalized spacial score (nSPS) is 27.0. The van der Waals surface area contributed by atoms with Crippen LogP contribution in [0.4, 0.5) is 11.8 Å². The summed E-state index contributed by atoms with van der Waals surface area (Å²) >= 11 is 6.22. The molecule has 2 fully saturated rings. The van der Waals surface area contributed by atoms with Crippen LogP contribution in [0.5, 0.6) is 0 Å². The first-order valence-corrected chi connectivity index (χ1v) is 7.76. The lowest BCUT2D eigenvalue weighted by Crippen LogP contribution is -2.46. The molecule has 1 aromatic rings. The van der Waals surface area contributed by atoms with Gasteiger partial charge in [-0.3, -0.25) is 0 Å². The molecule has 2 saturated heterocycles. The fraction of sp³-hybridized carbons (Fsp3) is 0.714. The lowest BCUT2D eigenvalue weighted by atomic mass is 10.2. The summed E-state index contributed by atoms with van der Waals surface area (Å²) in [5.74, 6) is 1.56. The predicted octanol–water partition coefficient (Wildman–Crippen LogP) is 1.58. The second-order valence-electron chi connectivity index (χ2n) is 5.58. The van der Waals surface area contributed by atoms with Crippen LogP contribution in [0.2, 0.25) is 5.15 Å². The molecule has 0 aliphatic carbocycles. The summed E-state index contributed by atoms with van der Waals surface area (Å²) < 4.78 is 11.0. The lowest BCUT2D eigenvalue weighted by Gasteiger charge is -2.36. The number of anilines is 2. The van der Waals surface area contributed by atoms with E-state index < -0.39 is 0 Å². The van der Waals surface area contributed by atoms with Gasteiger partial charge in [0, 0.05) is 19.2 Å². The fourth-order valence-electron chi connectivity index (χ4n) is 2.76. The molecule has 3 heterocycles. The third-order valence-corrected chi connectivity index (χ3v) is 4.15. The van der Waals surface area contributed by atoms with E-state index in [2.05, 4.69) is 28.6 Å². The molecular weight excluding hydrogens is 292 g/mol. The van der Waals surface area contributed by atoms with Crippen molar-refractivity contribution in [1.82, 2.24) is 9.97 Å². The van der Waals surface area contributed by atoms with Crippen LogP contribution in [0.15, 0.2) is 6.07 Å². The van der Waals surface area contributed by atoms with E-state index in [0.29, 0.717) is 37.0 Å². The highest BCUT2D eigenvalue weighted by molar-refractivity contribution is 6.29. The summed E-state index contributed by atoms with van der Waals surface area (Å²) in [5, 5.41) is 0.479. The zero-order valence-corrected chi connectivity index (χ0v) is 13.2. The summed E-state index contributed by atoms with van der Waals surface area (Å²) in [6.45, 7) is 8.68. The van der Waals surface area contributed by atoms with Gasteiger partial charge in [-0.1, -0.05) is 11.6 Å². The van der Waals surface area contributed by atoms with E-state index in [-0.39, 0.29) is 6.04 Å². The molecule has 1 aromatic heterocycles. The fourth-order valence-corrected chi connectivity index (χ4v) is 2.93. The van der Waals surface area contributed by atoms with Crippen molar-refractivity contribution in [2.75, 3.05) is 49.3 Å². The van der Waals surface area contributed by atoms with Gasteiger partial charge < -0.3 is 19.3 Å². The average molecular weight is 313 g/mol. The summed E-state index contributed by atoms with van der Waals surface area (Å²) in [5.41, 5.74) is 0. The van der Waals surface area contributed by atoms with Crippen LogP contribution in [0.1, 0.15) is 13.8 Å². The average Bonchev–Trinajstić information content (AvgIpc) is 2.47. The van der Waals surface area contributed by atoms with Crippen LogP contribution >= 0.6 is 11.6 Å². The standard InChI is InChI=1S/C14H21ClN4O2/c1-10-8-20-5-3-18(10)13-7-12(15)16-14(17-13)19-4-6-21-9-11(19)2/h7,10-11H,3-6,8-9H2,1-2H3/t10-,11+/m1/s1. The first-order valence-electron chi connectivity index (χ1n) is 7.38. The molecule has 0 saturated carbocycles. The number of rotatable bonds is 2. The molecule has 0 amide bonds. The van der Waals surface area contributed by atoms with E-state index in [1.54, 1.807) is 0 Å². The van der Waals surface area contributed by atoms with Crippen LogP contribution < -0.4 is 9.80 Å². The highest BCUT2D eigenvalue weighted by Crippen LogP contribution is 2.25. The van der Waals surface area contributed by atoms with Crippen LogP contribution in [0.25, 0.3) is 0 Å². The molecule has 6 nitrogen and oxygen atoms in total. The highest BCUT2D eigenvalue weighted by Gasteiger charge is 2.25. The summed E-state index contributed by atoms with van der Waals surface area (Å²) in [6.07, 6.45) is 0. The summed E-state index contributed by atoms with van der Waals surface area (Å²) in [6, 6.07) is 2.38. The number of morpholine rings is 2. The monoisotopic (exact) mass is 312 g/mol. The molecule has 0 aromatic carbocycles. The SMILES string of the molecule is C[C@@H]1COCCN1c1cc(Cl)nc(N2CCOC[C@@H]2C)n1. The van der Waals surface area contributed by atoms with Gasteiger partial charge in [0.15, 0.2) is 0 Å². The number of aromatic nitrogens is 2. The van der Waals surface area contributed by atoms with E-state index in [1.165, 1.54) is 0 Å². The van der Waals surface area contributed by atoms with Crippen molar-refractivity contribution in [2.24, 2.45) is 0 Å². The second-order valence-corrected chi connectivity index (χ2v) is 5.97. The van der Waals surface area contributed by atoms with Gasteiger partial charge in [-0.05, 0) is 13.8 Å². The third kappa shape index (κ3) is 3.22. The van der Waals surface area contributed by atoms with Crippen LogP contribution in [0.3, 0.4) is 0 Å². The van der Waals surface area contributed by atoms with E-state index in [4.69, 9.17) is 26.1 Å². The maximum atomic E-state index is 6.22. The molecule has 0 unspecified atom stereocenters. The summed E-state index contributed by atoms with van der Waals surface area (Å²) in [4.78, 5) is 13.5. The molecule has 21 heavy (non-hydrogen) atoms. The van der Waals surface area contributed by atoms with Crippen molar-refractivity contribution in [3.63, 3.8) is 0 Å². The predicted molar refractivity (Wildman–Crippen MR) is 82.3 cm³/mol. The Morgan fingerprint density at radius 3 is 2.29 bits per heavy atom. The molecule has 0 spiro atoms. The molecule has 2 aliphatic rings. The van der Waals surface area contributed by atoms with E-state index in [1.807, 2.05) is 6.07 Å². The van der Waals surface area contributed by atoms with Gasteiger partial charge in [-0.25, -0.2) is 4.98 Å². The molecule has 0 radical (unpaired) electrons. The van der Waals surface area contributed by atoms with Gasteiger partial charge in [-0.2, -0.15) is 4.98 Å². The Morgan fingerprint density at radius 1 is 1.05 bits per heavy atom. The lowest BCUT2D eigenvalue weighted by molar-refractivity contribution is 0.0972. The molecule has 2 atom stereocenters. The smallest absolute Gasteiger partial charge is 0.229 e. The molecular formula is C14H21ClN4O2. The second kappa shape index (κ2) is 6.34. The quantitative estimate of drug-likeness (QED) is 0.773. The van der Waals surface area contributed by atoms with Gasteiger partial charge in [0.1, 0.15) is 11.0 Å². The van der Waals surface area contributed by atoms with Gasteiger partial charge in [-0.15, -0.1) is 0 Å². The van der Waals surface area contributed by atoms with Crippen molar-refractivity contribution in [1.29, 1.82) is 0 Å². The minimum atomic E-state index is 0.257. The molecule has 3 rings (SSSR count). The maximum Gasteiger partial charge on any atom is 0.229 e. The zero-order chi connectivity index (χ0) is 14.8. The van der Waals surface area contributed by atoms with Crippen LogP contribution in [0, 0.1) is 0 Å². The minimum Gasteiger partial charge on any atom is -0.377 e. The van der Waals surface area contributed by atoms with Crippen molar-refractivity contribution >= 4 is 23.4 Å². The number of hydrogen-bond donors (Lipinski definition) is 0. The Morgan fingerprint density at radius 2 is 1.67 bits per heavy atom. The Labute approximate surface area is 130 Å². The van der Waals surface area contributed by atoms with Gasteiger partial charge in [0.25, 0.3) is 0 Å². The van der Waals surface area contributed by atoms with Gasteiger partial charge in [0.2, 0.25) is 5.95 Å². The third-order valence-electron chi connectivity index (χ3n) is 3.96. The largest absolute Gasteiger partial charge is 0.377 e. The minimum absolute atomic E-state index is 0.257. The molecule has 2 aliphatic heterocycles. The maximum absolute atomic E-state index is 6.22.